The molecule has 2 aromatic carbocycles. The number of carbonyl (C=O) groups is 2. The topological polar surface area (TPSA) is 73.2 Å². The number of aryl methyl sites for hydroxylation is 1. The minimum absolute atomic E-state index is 0.185. The maximum absolute atomic E-state index is 13.0. The molecule has 3 rings (SSSR count). The van der Waals surface area contributed by atoms with Gasteiger partial charge in [0.1, 0.15) is 0 Å². The third kappa shape index (κ3) is 4.19. The Morgan fingerprint density at radius 2 is 1.83 bits per heavy atom. The highest BCUT2D eigenvalue weighted by Gasteiger charge is 2.30. The number of hydrogen-bond donors (Lipinski definition) is 1. The van der Waals surface area contributed by atoms with E-state index >= 15 is 0 Å². The predicted molar refractivity (Wildman–Crippen MR) is 104 cm³/mol. The van der Waals surface area contributed by atoms with Crippen LogP contribution in [0, 0.1) is 13.8 Å². The molecule has 9 heteroatoms. The van der Waals surface area contributed by atoms with Crippen molar-refractivity contribution in [3.63, 3.8) is 0 Å². The van der Waals surface area contributed by atoms with Crippen LogP contribution in [0.4, 0.5) is 18.9 Å². The van der Waals surface area contributed by atoms with Crippen molar-refractivity contribution in [3.05, 3.63) is 76.6 Å². The molecule has 3 aromatic rings. The number of halogens is 3. The standard InChI is InChI=1S/C21H18F3N3O3/c1-12-7-8-14(20(29)30-3)9-18(12)26-19(28)17-11-25-27(13(17)2)16-6-4-5-15(10-16)21(22,23)24/h4-11H,1-3H3,(H,26,28). The van der Waals surface area contributed by atoms with Crippen LogP contribution in [-0.2, 0) is 10.9 Å². The van der Waals surface area contributed by atoms with E-state index in [1.54, 1.807) is 26.0 Å². The van der Waals surface area contributed by atoms with Crippen molar-refractivity contribution >= 4 is 17.6 Å². The van der Waals surface area contributed by atoms with Crippen LogP contribution in [0.5, 0.6) is 0 Å². The second-order valence-corrected chi connectivity index (χ2v) is 6.58. The third-order valence-corrected chi connectivity index (χ3v) is 4.58. The zero-order valence-corrected chi connectivity index (χ0v) is 16.4. The number of carbonyl (C=O) groups excluding carboxylic acids is 2. The lowest BCUT2D eigenvalue weighted by atomic mass is 10.1. The highest BCUT2D eigenvalue weighted by Crippen LogP contribution is 2.30. The van der Waals surface area contributed by atoms with Crippen LogP contribution in [0.2, 0.25) is 0 Å². The molecule has 0 aliphatic rings. The van der Waals surface area contributed by atoms with E-state index in [1.807, 2.05) is 0 Å². The van der Waals surface area contributed by atoms with E-state index < -0.39 is 23.6 Å². The molecule has 0 saturated carbocycles. The first-order valence-corrected chi connectivity index (χ1v) is 8.84. The Kier molecular flexibility index (Phi) is 5.64. The van der Waals surface area contributed by atoms with Gasteiger partial charge in [-0.3, -0.25) is 4.79 Å². The summed E-state index contributed by atoms with van der Waals surface area (Å²) in [5, 5.41) is 6.77. The van der Waals surface area contributed by atoms with Gasteiger partial charge in [-0.05, 0) is 49.7 Å². The lowest BCUT2D eigenvalue weighted by molar-refractivity contribution is -0.137. The number of ether oxygens (including phenoxy) is 1. The minimum Gasteiger partial charge on any atom is -0.465 e. The van der Waals surface area contributed by atoms with Gasteiger partial charge in [-0.1, -0.05) is 12.1 Å². The number of aromatic nitrogens is 2. The summed E-state index contributed by atoms with van der Waals surface area (Å²) in [6.07, 6.45) is -3.20. The Hall–Kier alpha value is -3.62. The summed E-state index contributed by atoms with van der Waals surface area (Å²) in [5.41, 5.74) is 1.34. The molecule has 6 nitrogen and oxygen atoms in total. The fraction of sp³-hybridized carbons (Fsp3) is 0.190. The molecule has 1 amide bonds. The SMILES string of the molecule is COC(=O)c1ccc(C)c(NC(=O)c2cnn(-c3cccc(C(F)(F)F)c3)c2C)c1. The van der Waals surface area contributed by atoms with Crippen LogP contribution in [0.15, 0.2) is 48.7 Å². The Morgan fingerprint density at radius 1 is 1.10 bits per heavy atom. The lowest BCUT2D eigenvalue weighted by Crippen LogP contribution is -2.15. The highest BCUT2D eigenvalue weighted by atomic mass is 19.4. The van der Waals surface area contributed by atoms with Crippen molar-refractivity contribution in [1.82, 2.24) is 9.78 Å². The Morgan fingerprint density at radius 3 is 2.50 bits per heavy atom. The average Bonchev–Trinajstić information content (AvgIpc) is 3.10. The molecule has 0 saturated heterocycles. The van der Waals surface area contributed by atoms with Gasteiger partial charge in [0.05, 0.1) is 41.4 Å². The Bertz CT molecular complexity index is 1120. The van der Waals surface area contributed by atoms with Gasteiger partial charge in [0.15, 0.2) is 0 Å². The number of amides is 1. The molecule has 0 unspecified atom stereocenters. The van der Waals surface area contributed by atoms with Crippen molar-refractivity contribution in [2.45, 2.75) is 20.0 Å². The number of methoxy groups -OCH3 is 1. The number of alkyl halides is 3. The van der Waals surface area contributed by atoms with E-state index in [9.17, 15) is 22.8 Å². The normalized spacial score (nSPS) is 11.3. The zero-order valence-electron chi connectivity index (χ0n) is 16.4. The van der Waals surface area contributed by atoms with E-state index in [1.165, 1.54) is 36.2 Å². The van der Waals surface area contributed by atoms with Crippen LogP contribution in [-0.4, -0.2) is 28.8 Å². The molecule has 0 atom stereocenters. The highest BCUT2D eigenvalue weighted by molar-refractivity contribution is 6.06. The molecule has 0 fully saturated rings. The summed E-state index contributed by atoms with van der Waals surface area (Å²) in [6, 6.07) is 9.42. The number of benzene rings is 2. The molecule has 1 aromatic heterocycles. The molecule has 0 aliphatic carbocycles. The van der Waals surface area contributed by atoms with Gasteiger partial charge >= 0.3 is 12.1 Å². The molecule has 0 aliphatic heterocycles. The summed E-state index contributed by atoms with van der Waals surface area (Å²) in [5.74, 6) is -1.05. The zero-order chi connectivity index (χ0) is 22.1. The Labute approximate surface area is 170 Å². The smallest absolute Gasteiger partial charge is 0.416 e. The van der Waals surface area contributed by atoms with Gasteiger partial charge in [-0.25, -0.2) is 9.48 Å². The molecular weight excluding hydrogens is 399 g/mol. The van der Waals surface area contributed by atoms with E-state index in [0.717, 1.165) is 17.7 Å². The van der Waals surface area contributed by atoms with Crippen LogP contribution in [0.3, 0.4) is 0 Å². The minimum atomic E-state index is -4.49. The van der Waals surface area contributed by atoms with Crippen LogP contribution >= 0.6 is 0 Å². The summed E-state index contributed by atoms with van der Waals surface area (Å²) < 4.78 is 44.9. The molecule has 1 N–H and O–H groups in total. The van der Waals surface area contributed by atoms with E-state index in [-0.39, 0.29) is 16.8 Å². The maximum Gasteiger partial charge on any atom is 0.416 e. The first-order valence-electron chi connectivity index (χ1n) is 8.84. The van der Waals surface area contributed by atoms with E-state index in [4.69, 9.17) is 0 Å². The van der Waals surface area contributed by atoms with Gasteiger partial charge in [0.2, 0.25) is 0 Å². The predicted octanol–water partition coefficient (Wildman–Crippen LogP) is 4.55. The van der Waals surface area contributed by atoms with Crippen LogP contribution < -0.4 is 5.32 Å². The fourth-order valence-corrected chi connectivity index (χ4v) is 2.90. The molecular formula is C21H18F3N3O3. The monoisotopic (exact) mass is 417 g/mol. The van der Waals surface area contributed by atoms with Crippen molar-refractivity contribution in [1.29, 1.82) is 0 Å². The van der Waals surface area contributed by atoms with Crippen molar-refractivity contribution in [2.75, 3.05) is 12.4 Å². The third-order valence-electron chi connectivity index (χ3n) is 4.58. The molecule has 30 heavy (non-hydrogen) atoms. The fourth-order valence-electron chi connectivity index (χ4n) is 2.90. The van der Waals surface area contributed by atoms with Gasteiger partial charge in [-0.15, -0.1) is 0 Å². The van der Waals surface area contributed by atoms with Gasteiger partial charge in [0, 0.05) is 5.69 Å². The first-order chi connectivity index (χ1) is 14.1. The summed E-state index contributed by atoms with van der Waals surface area (Å²) >= 11 is 0. The molecule has 0 bridgehead atoms. The quantitative estimate of drug-likeness (QED) is 0.633. The summed E-state index contributed by atoms with van der Waals surface area (Å²) in [7, 11) is 1.26. The summed E-state index contributed by atoms with van der Waals surface area (Å²) in [6.45, 7) is 3.34. The number of nitrogens with one attached hydrogen (secondary N) is 1. The van der Waals surface area contributed by atoms with Gasteiger partial charge in [0.25, 0.3) is 5.91 Å². The second-order valence-electron chi connectivity index (χ2n) is 6.58. The lowest BCUT2D eigenvalue weighted by Gasteiger charge is -2.11. The van der Waals surface area contributed by atoms with Gasteiger partial charge < -0.3 is 10.1 Å². The van der Waals surface area contributed by atoms with Crippen molar-refractivity contribution in [2.24, 2.45) is 0 Å². The second kappa shape index (κ2) is 8.02. The Balaban J connectivity index is 1.90. The number of rotatable bonds is 4. The molecule has 1 heterocycles. The van der Waals surface area contributed by atoms with Crippen LogP contribution in [0.25, 0.3) is 5.69 Å². The maximum atomic E-state index is 13.0. The van der Waals surface area contributed by atoms with E-state index in [0.29, 0.717) is 11.4 Å². The number of esters is 1. The van der Waals surface area contributed by atoms with Crippen molar-refractivity contribution in [3.8, 4) is 5.69 Å². The molecule has 0 spiro atoms. The number of anilines is 1. The molecule has 0 radical (unpaired) electrons. The summed E-state index contributed by atoms with van der Waals surface area (Å²) in [4.78, 5) is 24.5. The largest absolute Gasteiger partial charge is 0.465 e. The average molecular weight is 417 g/mol. The van der Waals surface area contributed by atoms with E-state index in [2.05, 4.69) is 15.2 Å². The first kappa shape index (κ1) is 21.1. The number of nitrogens with zero attached hydrogens (tertiary/aromatic N) is 2. The number of hydrogen-bond acceptors (Lipinski definition) is 4. The molecule has 156 valence electrons. The van der Waals surface area contributed by atoms with Gasteiger partial charge in [-0.2, -0.15) is 18.3 Å². The van der Waals surface area contributed by atoms with Crippen molar-refractivity contribution < 1.29 is 27.5 Å². The van der Waals surface area contributed by atoms with Crippen LogP contribution in [0.1, 0.15) is 37.5 Å².